The van der Waals surface area contributed by atoms with E-state index >= 15 is 0 Å². The first-order chi connectivity index (χ1) is 9.80. The zero-order valence-corrected chi connectivity index (χ0v) is 13.1. The molecule has 114 valence electrons. The molecule has 0 aliphatic carbocycles. The highest BCUT2D eigenvalue weighted by Gasteiger charge is 2.13. The van der Waals surface area contributed by atoms with Gasteiger partial charge in [-0.25, -0.2) is 0 Å². The van der Waals surface area contributed by atoms with Crippen LogP contribution in [0.15, 0.2) is 36.2 Å². The quantitative estimate of drug-likeness (QED) is 0.642. The zero-order valence-electron chi connectivity index (χ0n) is 13.1. The SMILES string of the molecule is C/C(=C\C(=O)NCCNC(=O)c1cccnc1)C(C)(C)C. The summed E-state index contributed by atoms with van der Waals surface area (Å²) in [5.74, 6) is -0.336. The van der Waals surface area contributed by atoms with Gasteiger partial charge < -0.3 is 10.6 Å². The molecule has 0 saturated heterocycles. The Bertz CT molecular complexity index is 516. The third-order valence-corrected chi connectivity index (χ3v) is 3.16. The first-order valence-electron chi connectivity index (χ1n) is 6.95. The molecular formula is C16H23N3O2. The number of carbonyl (C=O) groups is 2. The number of amides is 2. The van der Waals surface area contributed by atoms with Crippen LogP contribution >= 0.6 is 0 Å². The van der Waals surface area contributed by atoms with Crippen LogP contribution in [0.4, 0.5) is 0 Å². The van der Waals surface area contributed by atoms with Crippen LogP contribution < -0.4 is 10.6 Å². The third kappa shape index (κ3) is 6.21. The van der Waals surface area contributed by atoms with E-state index in [1.165, 1.54) is 6.20 Å². The van der Waals surface area contributed by atoms with Crippen LogP contribution in [0.1, 0.15) is 38.1 Å². The van der Waals surface area contributed by atoms with Gasteiger partial charge in [0.25, 0.3) is 5.91 Å². The summed E-state index contributed by atoms with van der Waals surface area (Å²) < 4.78 is 0. The van der Waals surface area contributed by atoms with Crippen LogP contribution in [-0.4, -0.2) is 29.9 Å². The van der Waals surface area contributed by atoms with Crippen LogP contribution in [-0.2, 0) is 4.79 Å². The molecule has 0 aliphatic heterocycles. The Labute approximate surface area is 125 Å². The van der Waals surface area contributed by atoms with Crippen LogP contribution in [0, 0.1) is 5.41 Å². The largest absolute Gasteiger partial charge is 0.351 e. The summed E-state index contributed by atoms with van der Waals surface area (Å²) in [6, 6.07) is 3.40. The van der Waals surface area contributed by atoms with Gasteiger partial charge in [0.15, 0.2) is 0 Å². The Balaban J connectivity index is 2.32. The molecule has 1 rings (SSSR count). The van der Waals surface area contributed by atoms with Gasteiger partial charge in [-0.15, -0.1) is 0 Å². The van der Waals surface area contributed by atoms with E-state index < -0.39 is 0 Å². The van der Waals surface area contributed by atoms with E-state index in [4.69, 9.17) is 0 Å². The zero-order chi connectivity index (χ0) is 15.9. The third-order valence-electron chi connectivity index (χ3n) is 3.16. The molecular weight excluding hydrogens is 266 g/mol. The second-order valence-corrected chi connectivity index (χ2v) is 5.87. The molecule has 1 aromatic heterocycles. The molecule has 0 saturated carbocycles. The number of rotatable bonds is 5. The molecule has 1 aromatic rings. The monoisotopic (exact) mass is 289 g/mol. The smallest absolute Gasteiger partial charge is 0.252 e. The van der Waals surface area contributed by atoms with E-state index in [-0.39, 0.29) is 17.2 Å². The van der Waals surface area contributed by atoms with Crippen molar-refractivity contribution >= 4 is 11.8 Å². The molecule has 0 spiro atoms. The number of carbonyl (C=O) groups excluding carboxylic acids is 2. The van der Waals surface area contributed by atoms with Gasteiger partial charge in [0, 0.05) is 31.6 Å². The fourth-order valence-corrected chi connectivity index (χ4v) is 1.43. The number of nitrogens with one attached hydrogen (secondary N) is 2. The number of pyridine rings is 1. The van der Waals surface area contributed by atoms with Gasteiger partial charge >= 0.3 is 0 Å². The Hall–Kier alpha value is -2.17. The Morgan fingerprint density at radius 3 is 2.48 bits per heavy atom. The maximum atomic E-state index is 11.7. The standard InChI is InChI=1S/C16H23N3O2/c1-12(16(2,3)4)10-14(20)18-8-9-19-15(21)13-6-5-7-17-11-13/h5-7,10-11H,8-9H2,1-4H3,(H,18,20)(H,19,21)/b12-10+. The molecule has 0 radical (unpaired) electrons. The van der Waals surface area contributed by atoms with Gasteiger partial charge in [-0.05, 0) is 24.5 Å². The molecule has 5 nitrogen and oxygen atoms in total. The molecule has 5 heteroatoms. The number of allylic oxidation sites excluding steroid dienone is 1. The average molecular weight is 289 g/mol. The first kappa shape index (κ1) is 16.9. The molecule has 2 amide bonds. The lowest BCUT2D eigenvalue weighted by molar-refractivity contribution is -0.116. The predicted molar refractivity (Wildman–Crippen MR) is 82.8 cm³/mol. The lowest BCUT2D eigenvalue weighted by Crippen LogP contribution is -2.34. The molecule has 0 fully saturated rings. The van der Waals surface area contributed by atoms with Crippen LogP contribution in [0.3, 0.4) is 0 Å². The van der Waals surface area contributed by atoms with Gasteiger partial charge in [0.2, 0.25) is 5.91 Å². The second kappa shape index (κ2) is 7.57. The van der Waals surface area contributed by atoms with Crippen molar-refractivity contribution in [2.45, 2.75) is 27.7 Å². The summed E-state index contributed by atoms with van der Waals surface area (Å²) in [5, 5.41) is 5.47. The predicted octanol–water partition coefficient (Wildman–Crippen LogP) is 1.92. The number of hydrogen-bond acceptors (Lipinski definition) is 3. The maximum Gasteiger partial charge on any atom is 0.252 e. The number of nitrogens with zero attached hydrogens (tertiary/aromatic N) is 1. The van der Waals surface area contributed by atoms with Crippen molar-refractivity contribution in [2.75, 3.05) is 13.1 Å². The lowest BCUT2D eigenvalue weighted by atomic mass is 9.87. The van der Waals surface area contributed by atoms with E-state index in [0.29, 0.717) is 18.7 Å². The lowest BCUT2D eigenvalue weighted by Gasteiger charge is -2.19. The summed E-state index contributed by atoms with van der Waals surface area (Å²) in [7, 11) is 0. The first-order valence-corrected chi connectivity index (χ1v) is 6.95. The summed E-state index contributed by atoms with van der Waals surface area (Å²) >= 11 is 0. The number of hydrogen-bond donors (Lipinski definition) is 2. The second-order valence-electron chi connectivity index (χ2n) is 5.87. The summed E-state index contributed by atoms with van der Waals surface area (Å²) in [6.45, 7) is 8.87. The molecule has 0 atom stereocenters. The molecule has 1 heterocycles. The van der Waals surface area contributed by atoms with Crippen molar-refractivity contribution < 1.29 is 9.59 Å². The summed E-state index contributed by atoms with van der Waals surface area (Å²) in [4.78, 5) is 27.3. The van der Waals surface area contributed by atoms with Crippen LogP contribution in [0.2, 0.25) is 0 Å². The topological polar surface area (TPSA) is 71.1 Å². The minimum atomic E-state index is -0.196. The van der Waals surface area contributed by atoms with Crippen molar-refractivity contribution in [3.63, 3.8) is 0 Å². The summed E-state index contributed by atoms with van der Waals surface area (Å²) in [6.07, 6.45) is 4.72. The maximum absolute atomic E-state index is 11.7. The van der Waals surface area contributed by atoms with E-state index in [1.807, 2.05) is 6.92 Å². The van der Waals surface area contributed by atoms with Gasteiger partial charge in [0.05, 0.1) is 5.56 Å². The fourth-order valence-electron chi connectivity index (χ4n) is 1.43. The van der Waals surface area contributed by atoms with Crippen molar-refractivity contribution in [1.29, 1.82) is 0 Å². The van der Waals surface area contributed by atoms with Crippen molar-refractivity contribution in [1.82, 2.24) is 15.6 Å². The normalized spacial score (nSPS) is 11.9. The molecule has 0 aromatic carbocycles. The molecule has 0 bridgehead atoms. The van der Waals surface area contributed by atoms with E-state index in [2.05, 4.69) is 36.4 Å². The minimum Gasteiger partial charge on any atom is -0.351 e. The van der Waals surface area contributed by atoms with Gasteiger partial charge in [-0.3, -0.25) is 14.6 Å². The average Bonchev–Trinajstić information content (AvgIpc) is 2.43. The molecule has 0 aliphatic rings. The van der Waals surface area contributed by atoms with Gasteiger partial charge in [-0.2, -0.15) is 0 Å². The van der Waals surface area contributed by atoms with E-state index in [0.717, 1.165) is 5.57 Å². The van der Waals surface area contributed by atoms with Crippen molar-refractivity contribution in [3.8, 4) is 0 Å². The van der Waals surface area contributed by atoms with Crippen molar-refractivity contribution in [2.24, 2.45) is 5.41 Å². The highest BCUT2D eigenvalue weighted by atomic mass is 16.2. The van der Waals surface area contributed by atoms with Crippen LogP contribution in [0.25, 0.3) is 0 Å². The Morgan fingerprint density at radius 2 is 1.90 bits per heavy atom. The molecule has 21 heavy (non-hydrogen) atoms. The Kier molecular flexibility index (Phi) is 6.09. The van der Waals surface area contributed by atoms with E-state index in [1.54, 1.807) is 24.4 Å². The minimum absolute atomic E-state index is 0.0220. The van der Waals surface area contributed by atoms with Crippen LogP contribution in [0.5, 0.6) is 0 Å². The number of aromatic nitrogens is 1. The highest BCUT2D eigenvalue weighted by molar-refractivity contribution is 5.93. The summed E-state index contributed by atoms with van der Waals surface area (Å²) in [5.41, 5.74) is 1.50. The van der Waals surface area contributed by atoms with Crippen molar-refractivity contribution in [3.05, 3.63) is 41.7 Å². The molecule has 0 unspecified atom stereocenters. The molecule has 2 N–H and O–H groups in total. The Morgan fingerprint density at radius 1 is 1.24 bits per heavy atom. The van der Waals surface area contributed by atoms with Gasteiger partial charge in [-0.1, -0.05) is 26.3 Å². The van der Waals surface area contributed by atoms with Gasteiger partial charge in [0.1, 0.15) is 0 Å². The van der Waals surface area contributed by atoms with E-state index in [9.17, 15) is 9.59 Å². The highest BCUT2D eigenvalue weighted by Crippen LogP contribution is 2.23. The fraction of sp³-hybridized carbons (Fsp3) is 0.438.